The van der Waals surface area contributed by atoms with Gasteiger partial charge in [0.05, 0.1) is 19.3 Å². The van der Waals surface area contributed by atoms with Gasteiger partial charge < -0.3 is 19.3 Å². The van der Waals surface area contributed by atoms with E-state index in [1.807, 2.05) is 48.5 Å². The van der Waals surface area contributed by atoms with Crippen molar-refractivity contribution < 1.29 is 23.5 Å². The molecular formula is C27H27N4O4+. The molecule has 1 aromatic heterocycles. The van der Waals surface area contributed by atoms with Crippen LogP contribution in [0.4, 0.5) is 5.82 Å². The van der Waals surface area contributed by atoms with Gasteiger partial charge in [-0.25, -0.2) is 4.98 Å². The molecule has 1 N–H and O–H groups in total. The van der Waals surface area contributed by atoms with Crippen molar-refractivity contribution in [2.75, 3.05) is 31.5 Å². The minimum Gasteiger partial charge on any atom is -0.457 e. The molecule has 35 heavy (non-hydrogen) atoms. The Morgan fingerprint density at radius 2 is 1.69 bits per heavy atom. The Balaban J connectivity index is 1.19. The Bertz CT molecular complexity index is 1210. The molecule has 5 heterocycles. The number of ether oxygens (including phenoxy) is 2. The molecular weight excluding hydrogens is 444 g/mol. The molecule has 0 radical (unpaired) electrons. The third-order valence-corrected chi connectivity index (χ3v) is 7.53. The number of amides is 1. The molecule has 178 valence electrons. The largest absolute Gasteiger partial charge is 0.457 e. The summed E-state index contributed by atoms with van der Waals surface area (Å²) in [5.74, 6) is 1.27. The minimum absolute atomic E-state index is 0.0942. The van der Waals surface area contributed by atoms with Gasteiger partial charge in [0.1, 0.15) is 24.0 Å². The number of rotatable bonds is 5. The summed E-state index contributed by atoms with van der Waals surface area (Å²) in [7, 11) is 0. The fraction of sp³-hybridized carbons (Fsp3) is 0.333. The van der Waals surface area contributed by atoms with Gasteiger partial charge >= 0.3 is 5.97 Å². The second-order valence-electron chi connectivity index (χ2n) is 9.69. The van der Waals surface area contributed by atoms with Crippen LogP contribution in [0.5, 0.6) is 11.5 Å². The minimum atomic E-state index is -0.528. The fourth-order valence-corrected chi connectivity index (χ4v) is 5.81. The Labute approximate surface area is 203 Å². The molecule has 2 aromatic carbocycles. The number of para-hydroxylation sites is 2. The van der Waals surface area contributed by atoms with Crippen LogP contribution in [-0.4, -0.2) is 58.6 Å². The van der Waals surface area contributed by atoms with Crippen LogP contribution in [0.3, 0.4) is 0 Å². The summed E-state index contributed by atoms with van der Waals surface area (Å²) >= 11 is 0. The fourth-order valence-electron chi connectivity index (χ4n) is 5.81. The third-order valence-electron chi connectivity index (χ3n) is 7.53. The molecule has 4 aliphatic rings. The average Bonchev–Trinajstić information content (AvgIpc) is 2.88. The molecule has 1 unspecified atom stereocenters. The summed E-state index contributed by atoms with van der Waals surface area (Å²) in [6.45, 7) is 2.81. The van der Waals surface area contributed by atoms with Gasteiger partial charge in [-0.15, -0.1) is 0 Å². The van der Waals surface area contributed by atoms with E-state index < -0.39 is 5.92 Å². The molecule has 4 aliphatic heterocycles. The second-order valence-corrected chi connectivity index (χ2v) is 9.69. The van der Waals surface area contributed by atoms with Crippen LogP contribution in [0.15, 0.2) is 67.1 Å². The highest BCUT2D eigenvalue weighted by Gasteiger charge is 2.49. The zero-order chi connectivity index (χ0) is 23.8. The van der Waals surface area contributed by atoms with Gasteiger partial charge in [-0.3, -0.25) is 14.6 Å². The lowest BCUT2D eigenvalue weighted by atomic mass is 9.82. The number of carbonyl (C=O) groups is 2. The molecule has 0 spiro atoms. The first kappa shape index (κ1) is 21.7. The summed E-state index contributed by atoms with van der Waals surface area (Å²) in [4.78, 5) is 34.6. The maximum atomic E-state index is 13.7. The summed E-state index contributed by atoms with van der Waals surface area (Å²) in [5.41, 5.74) is 1.65. The molecule has 1 amide bonds. The van der Waals surface area contributed by atoms with Gasteiger partial charge in [0.25, 0.3) is 5.91 Å². The standard InChI is InChI=1S/C27H26N4O4/c32-25(30-24-15-28-11-12-29-24)17-31-13-9-18(10-14-31)23(16-31)35-27(33)26-19-5-1-3-7-21(19)34-22-8-4-2-6-20(22)26/h1-8,11-12,15,18,23,26H,9-10,13-14,16-17H2/p+1. The van der Waals surface area contributed by atoms with Gasteiger partial charge in [0, 0.05) is 42.3 Å². The van der Waals surface area contributed by atoms with E-state index >= 15 is 0 Å². The Morgan fingerprint density at radius 1 is 1.00 bits per heavy atom. The van der Waals surface area contributed by atoms with Crippen molar-refractivity contribution in [1.29, 1.82) is 0 Å². The Kier molecular flexibility index (Phi) is 5.45. The van der Waals surface area contributed by atoms with Gasteiger partial charge in [-0.05, 0) is 12.1 Å². The van der Waals surface area contributed by atoms with E-state index in [9.17, 15) is 9.59 Å². The van der Waals surface area contributed by atoms with E-state index in [2.05, 4.69) is 15.3 Å². The molecule has 3 fully saturated rings. The summed E-state index contributed by atoms with van der Waals surface area (Å²) in [6.07, 6.45) is 6.33. The molecule has 1 atom stereocenters. The number of fused-ring (bicyclic) bond motifs is 5. The monoisotopic (exact) mass is 471 g/mol. The van der Waals surface area contributed by atoms with E-state index in [0.717, 1.165) is 37.1 Å². The SMILES string of the molecule is O=C(C[N+]12CCC(CC1)C(OC(=O)C1c3ccccc3Oc3ccccc31)C2)Nc1cnccn1. The number of esters is 1. The number of carbonyl (C=O) groups excluding carboxylic acids is 2. The smallest absolute Gasteiger partial charge is 0.318 e. The van der Waals surface area contributed by atoms with Crippen molar-refractivity contribution in [3.63, 3.8) is 0 Å². The van der Waals surface area contributed by atoms with Crippen LogP contribution in [0.25, 0.3) is 0 Å². The van der Waals surface area contributed by atoms with Crippen molar-refractivity contribution in [3.8, 4) is 11.5 Å². The lowest BCUT2D eigenvalue weighted by Gasteiger charge is -2.51. The maximum Gasteiger partial charge on any atom is 0.318 e. The second kappa shape index (κ2) is 8.78. The first-order valence-electron chi connectivity index (χ1n) is 12.1. The van der Waals surface area contributed by atoms with Crippen LogP contribution in [0.1, 0.15) is 29.9 Å². The lowest BCUT2D eigenvalue weighted by molar-refractivity contribution is -0.938. The first-order valence-corrected chi connectivity index (χ1v) is 12.1. The predicted molar refractivity (Wildman–Crippen MR) is 128 cm³/mol. The number of piperidine rings is 3. The highest BCUT2D eigenvalue weighted by atomic mass is 16.5. The van der Waals surface area contributed by atoms with E-state index in [1.54, 1.807) is 12.4 Å². The van der Waals surface area contributed by atoms with E-state index in [1.165, 1.54) is 6.20 Å². The van der Waals surface area contributed by atoms with E-state index in [-0.39, 0.29) is 18.0 Å². The molecule has 8 heteroatoms. The van der Waals surface area contributed by atoms with Crippen molar-refractivity contribution in [1.82, 2.24) is 9.97 Å². The summed E-state index contributed by atoms with van der Waals surface area (Å²) < 4.78 is 12.9. The predicted octanol–water partition coefficient (Wildman–Crippen LogP) is 3.51. The Morgan fingerprint density at radius 3 is 2.34 bits per heavy atom. The zero-order valence-corrected chi connectivity index (χ0v) is 19.3. The molecule has 8 nitrogen and oxygen atoms in total. The normalized spacial score (nSPS) is 24.6. The van der Waals surface area contributed by atoms with Crippen LogP contribution in [0, 0.1) is 5.92 Å². The van der Waals surface area contributed by atoms with Gasteiger partial charge in [0.2, 0.25) is 0 Å². The van der Waals surface area contributed by atoms with Crippen LogP contribution in [0.2, 0.25) is 0 Å². The van der Waals surface area contributed by atoms with Crippen molar-refractivity contribution in [3.05, 3.63) is 78.2 Å². The molecule has 7 rings (SSSR count). The van der Waals surface area contributed by atoms with Crippen molar-refractivity contribution in [2.24, 2.45) is 5.92 Å². The highest BCUT2D eigenvalue weighted by molar-refractivity contribution is 5.90. The number of quaternary nitrogens is 1. The molecule has 0 aliphatic carbocycles. The highest BCUT2D eigenvalue weighted by Crippen LogP contribution is 2.45. The van der Waals surface area contributed by atoms with Crippen molar-refractivity contribution in [2.45, 2.75) is 24.9 Å². The number of benzene rings is 2. The van der Waals surface area contributed by atoms with Crippen LogP contribution >= 0.6 is 0 Å². The summed E-state index contributed by atoms with van der Waals surface area (Å²) in [6, 6.07) is 15.3. The quantitative estimate of drug-likeness (QED) is 0.453. The number of hydrogen-bond acceptors (Lipinski definition) is 6. The van der Waals surface area contributed by atoms with E-state index in [0.29, 0.717) is 40.8 Å². The van der Waals surface area contributed by atoms with Crippen LogP contribution < -0.4 is 10.1 Å². The van der Waals surface area contributed by atoms with Gasteiger partial charge in [-0.2, -0.15) is 0 Å². The number of nitrogens with one attached hydrogen (secondary N) is 1. The average molecular weight is 472 g/mol. The molecule has 3 aromatic rings. The zero-order valence-electron chi connectivity index (χ0n) is 19.3. The molecule has 3 saturated heterocycles. The number of aromatic nitrogens is 2. The maximum absolute atomic E-state index is 13.7. The number of hydrogen-bond donors (Lipinski definition) is 1. The lowest BCUT2D eigenvalue weighted by Crippen LogP contribution is -2.66. The Hall–Kier alpha value is -3.78. The molecule has 0 saturated carbocycles. The van der Waals surface area contributed by atoms with Gasteiger partial charge in [-0.1, -0.05) is 36.4 Å². The molecule has 2 bridgehead atoms. The number of nitrogens with zero attached hydrogens (tertiary/aromatic N) is 3. The van der Waals surface area contributed by atoms with Crippen molar-refractivity contribution >= 4 is 17.7 Å². The number of anilines is 1. The van der Waals surface area contributed by atoms with E-state index in [4.69, 9.17) is 9.47 Å². The van der Waals surface area contributed by atoms with Crippen LogP contribution in [-0.2, 0) is 14.3 Å². The summed E-state index contributed by atoms with van der Waals surface area (Å²) in [5, 5.41) is 2.85. The van der Waals surface area contributed by atoms with Gasteiger partial charge in [0.15, 0.2) is 18.5 Å². The first-order chi connectivity index (χ1) is 17.1. The third kappa shape index (κ3) is 4.14. The topological polar surface area (TPSA) is 90.4 Å².